The normalized spacial score (nSPS) is 11.4. The summed E-state index contributed by atoms with van der Waals surface area (Å²) in [4.78, 5) is 14.0. The topological polar surface area (TPSA) is 71.8 Å². The Morgan fingerprint density at radius 1 is 0.938 bits per heavy atom. The zero-order valence-corrected chi connectivity index (χ0v) is 18.7. The molecule has 0 aliphatic heterocycles. The molecule has 4 aromatic rings. The molecule has 32 heavy (non-hydrogen) atoms. The molecule has 0 aliphatic carbocycles. The second kappa shape index (κ2) is 8.47. The molecule has 0 fully saturated rings. The first kappa shape index (κ1) is 21.6. The Kier molecular flexibility index (Phi) is 5.71. The highest BCUT2D eigenvalue weighted by molar-refractivity contribution is 7.80. The number of nitrogens with zero attached hydrogens (tertiary/aromatic N) is 3. The predicted octanol–water partition coefficient (Wildman–Crippen LogP) is 4.98. The number of carbonyl (C=O) groups excluding carboxylic acids is 1. The number of carbonyl (C=O) groups is 1. The highest BCUT2D eigenvalue weighted by Gasteiger charge is 2.15. The number of amides is 1. The minimum absolute atomic E-state index is 0.0169. The van der Waals surface area contributed by atoms with Gasteiger partial charge in [0.05, 0.1) is 5.69 Å². The summed E-state index contributed by atoms with van der Waals surface area (Å²) in [6.45, 7) is 6.36. The van der Waals surface area contributed by atoms with Crippen LogP contribution in [0.4, 0.5) is 10.1 Å². The van der Waals surface area contributed by atoms with Crippen molar-refractivity contribution < 1.29 is 9.18 Å². The Labute approximate surface area is 190 Å². The van der Waals surface area contributed by atoms with E-state index >= 15 is 0 Å². The highest BCUT2D eigenvalue weighted by Crippen LogP contribution is 2.22. The average Bonchev–Trinajstić information content (AvgIpc) is 3.17. The molecule has 2 N–H and O–H groups in total. The van der Waals surface area contributed by atoms with E-state index in [0.29, 0.717) is 28.0 Å². The van der Waals surface area contributed by atoms with Crippen molar-refractivity contribution in [1.82, 2.24) is 20.3 Å². The summed E-state index contributed by atoms with van der Waals surface area (Å²) in [5.41, 5.74) is 4.31. The SMILES string of the molecule is CC(C)(C)c1ccc(C(=O)NC(=S)Nc2ccc3nn(-c4ccc(F)cc4)nc3c2)cc1. The molecule has 0 bridgehead atoms. The van der Waals surface area contributed by atoms with Gasteiger partial charge in [-0.1, -0.05) is 32.9 Å². The van der Waals surface area contributed by atoms with Gasteiger partial charge in [-0.2, -0.15) is 4.80 Å². The zero-order valence-electron chi connectivity index (χ0n) is 17.9. The Hall–Kier alpha value is -3.65. The smallest absolute Gasteiger partial charge is 0.257 e. The number of fused-ring (bicyclic) bond motifs is 1. The fourth-order valence-electron chi connectivity index (χ4n) is 3.14. The summed E-state index contributed by atoms with van der Waals surface area (Å²) in [6, 6.07) is 18.8. The van der Waals surface area contributed by atoms with E-state index in [-0.39, 0.29) is 22.3 Å². The molecule has 1 heterocycles. The molecule has 0 unspecified atom stereocenters. The summed E-state index contributed by atoms with van der Waals surface area (Å²) in [6.07, 6.45) is 0. The van der Waals surface area contributed by atoms with E-state index in [4.69, 9.17) is 12.2 Å². The largest absolute Gasteiger partial charge is 0.332 e. The van der Waals surface area contributed by atoms with Crippen LogP contribution in [0.25, 0.3) is 16.7 Å². The molecule has 0 saturated carbocycles. The van der Waals surface area contributed by atoms with Gasteiger partial charge in [0.1, 0.15) is 16.9 Å². The first-order chi connectivity index (χ1) is 15.2. The van der Waals surface area contributed by atoms with Crippen LogP contribution in [0.2, 0.25) is 0 Å². The second-order valence-electron chi connectivity index (χ2n) is 8.40. The Morgan fingerprint density at radius 2 is 1.59 bits per heavy atom. The van der Waals surface area contributed by atoms with Gasteiger partial charge in [0, 0.05) is 11.3 Å². The van der Waals surface area contributed by atoms with Crippen molar-refractivity contribution in [1.29, 1.82) is 0 Å². The van der Waals surface area contributed by atoms with E-state index in [1.807, 2.05) is 12.1 Å². The third kappa shape index (κ3) is 4.81. The molecule has 1 amide bonds. The third-order valence-corrected chi connectivity index (χ3v) is 5.14. The molecule has 6 nitrogen and oxygen atoms in total. The van der Waals surface area contributed by atoms with E-state index in [9.17, 15) is 9.18 Å². The molecule has 8 heteroatoms. The fraction of sp³-hybridized carbons (Fsp3) is 0.167. The lowest BCUT2D eigenvalue weighted by Crippen LogP contribution is -2.34. The van der Waals surface area contributed by atoms with E-state index < -0.39 is 0 Å². The molecular weight excluding hydrogens is 425 g/mol. The van der Waals surface area contributed by atoms with Crippen LogP contribution in [0.1, 0.15) is 36.7 Å². The number of nitrogens with one attached hydrogen (secondary N) is 2. The predicted molar refractivity (Wildman–Crippen MR) is 128 cm³/mol. The number of anilines is 1. The van der Waals surface area contributed by atoms with Gasteiger partial charge in [0.2, 0.25) is 0 Å². The summed E-state index contributed by atoms with van der Waals surface area (Å²) in [7, 11) is 0. The molecule has 4 rings (SSSR count). The Bertz CT molecular complexity index is 1290. The van der Waals surface area contributed by atoms with Gasteiger partial charge in [-0.3, -0.25) is 10.1 Å². The number of benzene rings is 3. The summed E-state index contributed by atoms with van der Waals surface area (Å²) in [5, 5.41) is 14.7. The van der Waals surface area contributed by atoms with E-state index in [1.165, 1.54) is 16.9 Å². The van der Waals surface area contributed by atoms with Gasteiger partial charge in [-0.05, 0) is 77.8 Å². The molecular formula is C24H22FN5OS. The molecule has 3 aromatic carbocycles. The average molecular weight is 448 g/mol. The first-order valence-electron chi connectivity index (χ1n) is 10.0. The van der Waals surface area contributed by atoms with Crippen molar-refractivity contribution >= 4 is 40.0 Å². The minimum Gasteiger partial charge on any atom is -0.332 e. The number of hydrogen-bond donors (Lipinski definition) is 2. The number of rotatable bonds is 3. The second-order valence-corrected chi connectivity index (χ2v) is 8.81. The van der Waals surface area contributed by atoms with Crippen LogP contribution < -0.4 is 10.6 Å². The van der Waals surface area contributed by atoms with Crippen LogP contribution in [0.15, 0.2) is 66.7 Å². The molecule has 0 radical (unpaired) electrons. The van der Waals surface area contributed by atoms with Crippen LogP contribution in [0.3, 0.4) is 0 Å². The van der Waals surface area contributed by atoms with Gasteiger partial charge >= 0.3 is 0 Å². The monoisotopic (exact) mass is 447 g/mol. The van der Waals surface area contributed by atoms with Crippen molar-refractivity contribution in [2.45, 2.75) is 26.2 Å². The summed E-state index contributed by atoms with van der Waals surface area (Å²) in [5.74, 6) is -0.607. The van der Waals surface area contributed by atoms with Crippen LogP contribution in [0.5, 0.6) is 0 Å². The van der Waals surface area contributed by atoms with Crippen molar-refractivity contribution in [3.8, 4) is 5.69 Å². The lowest BCUT2D eigenvalue weighted by atomic mass is 9.87. The summed E-state index contributed by atoms with van der Waals surface area (Å²) >= 11 is 5.29. The van der Waals surface area contributed by atoms with E-state index in [1.54, 1.807) is 42.5 Å². The number of halogens is 1. The Morgan fingerprint density at radius 3 is 2.25 bits per heavy atom. The molecule has 0 atom stereocenters. The molecule has 1 aromatic heterocycles. The van der Waals surface area contributed by atoms with Crippen molar-refractivity contribution in [3.05, 3.63) is 83.7 Å². The molecule has 162 valence electrons. The minimum atomic E-state index is -0.322. The number of hydrogen-bond acceptors (Lipinski definition) is 4. The molecule has 0 spiro atoms. The van der Waals surface area contributed by atoms with Gasteiger partial charge in [-0.15, -0.1) is 10.2 Å². The highest BCUT2D eigenvalue weighted by atomic mass is 32.1. The van der Waals surface area contributed by atoms with Crippen LogP contribution in [-0.4, -0.2) is 26.0 Å². The van der Waals surface area contributed by atoms with Gasteiger partial charge in [0.15, 0.2) is 5.11 Å². The van der Waals surface area contributed by atoms with Gasteiger partial charge in [-0.25, -0.2) is 4.39 Å². The number of thiocarbonyl (C=S) groups is 1. The lowest BCUT2D eigenvalue weighted by Gasteiger charge is -2.19. The van der Waals surface area contributed by atoms with E-state index in [0.717, 1.165) is 5.56 Å². The number of aromatic nitrogens is 3. The lowest BCUT2D eigenvalue weighted by molar-refractivity contribution is 0.0977. The first-order valence-corrected chi connectivity index (χ1v) is 10.5. The Balaban J connectivity index is 1.44. The quantitative estimate of drug-likeness (QED) is 0.433. The van der Waals surface area contributed by atoms with Gasteiger partial charge in [0.25, 0.3) is 5.91 Å². The van der Waals surface area contributed by atoms with E-state index in [2.05, 4.69) is 41.6 Å². The fourth-order valence-corrected chi connectivity index (χ4v) is 3.35. The maximum absolute atomic E-state index is 13.1. The van der Waals surface area contributed by atoms with Gasteiger partial charge < -0.3 is 5.32 Å². The van der Waals surface area contributed by atoms with Crippen LogP contribution in [-0.2, 0) is 5.41 Å². The van der Waals surface area contributed by atoms with Crippen molar-refractivity contribution in [3.63, 3.8) is 0 Å². The van der Waals surface area contributed by atoms with Crippen molar-refractivity contribution in [2.24, 2.45) is 0 Å². The standard InChI is InChI=1S/C24H22FN5OS/c1-24(2,3)16-6-4-15(5-7-16)22(31)27-23(32)26-18-10-13-20-21(14-18)29-30(28-20)19-11-8-17(25)9-12-19/h4-14H,1-3H3,(H2,26,27,31,32). The maximum atomic E-state index is 13.1. The van der Waals surface area contributed by atoms with Crippen molar-refractivity contribution in [2.75, 3.05) is 5.32 Å². The van der Waals surface area contributed by atoms with Crippen LogP contribution >= 0.6 is 12.2 Å². The zero-order chi connectivity index (χ0) is 22.9. The third-order valence-electron chi connectivity index (χ3n) is 4.94. The van der Waals surface area contributed by atoms with Crippen LogP contribution in [0, 0.1) is 5.82 Å². The summed E-state index contributed by atoms with van der Waals surface area (Å²) < 4.78 is 13.1. The maximum Gasteiger partial charge on any atom is 0.257 e. The molecule has 0 saturated heterocycles. The molecule has 0 aliphatic rings.